The second-order valence-electron chi connectivity index (χ2n) is 2.35. The zero-order valence-corrected chi connectivity index (χ0v) is 7.01. The molecule has 0 saturated carbocycles. The number of hydrogen-bond donors (Lipinski definition) is 1. The maximum absolute atomic E-state index is 4.13. The quantitative estimate of drug-likeness (QED) is 0.653. The maximum Gasteiger partial charge on any atom is 0.0521 e. The first-order valence-corrected chi connectivity index (χ1v) is 4.04. The van der Waals surface area contributed by atoms with E-state index >= 15 is 0 Å². The fourth-order valence-electron chi connectivity index (χ4n) is 0.884. The normalized spacial score (nSPS) is 10.2. The van der Waals surface area contributed by atoms with Gasteiger partial charge in [-0.1, -0.05) is 0 Å². The molecule has 1 aromatic heterocycles. The standard InChI is InChI=1S/C7H12N2S/c1-9-6-7(5-8-9)3-2-4-10/h5-6,10H,2-4H2,1H3. The van der Waals surface area contributed by atoms with E-state index in [9.17, 15) is 0 Å². The van der Waals surface area contributed by atoms with E-state index in [0.29, 0.717) is 0 Å². The molecule has 0 spiro atoms. The zero-order chi connectivity index (χ0) is 7.40. The summed E-state index contributed by atoms with van der Waals surface area (Å²) in [4.78, 5) is 0. The highest BCUT2D eigenvalue weighted by Crippen LogP contribution is 2.00. The molecule has 10 heavy (non-hydrogen) atoms. The number of hydrogen-bond acceptors (Lipinski definition) is 2. The van der Waals surface area contributed by atoms with Crippen LogP contribution < -0.4 is 0 Å². The zero-order valence-electron chi connectivity index (χ0n) is 6.12. The fraction of sp³-hybridized carbons (Fsp3) is 0.571. The van der Waals surface area contributed by atoms with Crippen LogP contribution in [-0.2, 0) is 13.5 Å². The van der Waals surface area contributed by atoms with Crippen molar-refractivity contribution in [3.63, 3.8) is 0 Å². The van der Waals surface area contributed by atoms with Crippen LogP contribution in [0.15, 0.2) is 12.4 Å². The number of aromatic nitrogens is 2. The highest BCUT2D eigenvalue weighted by atomic mass is 32.1. The Morgan fingerprint density at radius 3 is 3.00 bits per heavy atom. The molecule has 56 valence electrons. The molecular weight excluding hydrogens is 144 g/mol. The third-order valence-corrected chi connectivity index (χ3v) is 1.70. The second kappa shape index (κ2) is 3.66. The summed E-state index contributed by atoms with van der Waals surface area (Å²) in [6.07, 6.45) is 6.18. The number of rotatable bonds is 3. The van der Waals surface area contributed by atoms with Crippen molar-refractivity contribution in [3.8, 4) is 0 Å². The largest absolute Gasteiger partial charge is 0.276 e. The van der Waals surface area contributed by atoms with Crippen molar-refractivity contribution >= 4 is 12.6 Å². The minimum atomic E-state index is 0.953. The van der Waals surface area contributed by atoms with Gasteiger partial charge in [0.05, 0.1) is 6.20 Å². The molecule has 0 radical (unpaired) electrons. The average Bonchev–Trinajstić information content (AvgIpc) is 2.31. The Kier molecular flexibility index (Phi) is 2.81. The van der Waals surface area contributed by atoms with Gasteiger partial charge in [-0.05, 0) is 24.2 Å². The summed E-state index contributed by atoms with van der Waals surface area (Å²) in [5, 5.41) is 4.06. The molecule has 0 atom stereocenters. The van der Waals surface area contributed by atoms with Gasteiger partial charge in [0.25, 0.3) is 0 Å². The van der Waals surface area contributed by atoms with Gasteiger partial charge >= 0.3 is 0 Å². The van der Waals surface area contributed by atoms with Crippen molar-refractivity contribution in [1.82, 2.24) is 9.78 Å². The molecule has 0 aliphatic carbocycles. The lowest BCUT2D eigenvalue weighted by Gasteiger charge is -1.90. The van der Waals surface area contributed by atoms with Gasteiger partial charge in [-0.2, -0.15) is 17.7 Å². The molecule has 0 amide bonds. The van der Waals surface area contributed by atoms with E-state index in [-0.39, 0.29) is 0 Å². The highest BCUT2D eigenvalue weighted by molar-refractivity contribution is 7.80. The van der Waals surface area contributed by atoms with Crippen LogP contribution in [0.4, 0.5) is 0 Å². The summed E-state index contributed by atoms with van der Waals surface area (Å²) in [6.45, 7) is 0. The van der Waals surface area contributed by atoms with Gasteiger partial charge in [0.15, 0.2) is 0 Å². The molecule has 1 aromatic rings. The van der Waals surface area contributed by atoms with Crippen molar-refractivity contribution in [1.29, 1.82) is 0 Å². The van der Waals surface area contributed by atoms with E-state index < -0.39 is 0 Å². The summed E-state index contributed by atoms with van der Waals surface area (Å²) in [5.41, 5.74) is 1.30. The molecule has 0 saturated heterocycles. The molecule has 2 nitrogen and oxygen atoms in total. The molecule has 0 aliphatic rings. The first kappa shape index (κ1) is 7.66. The minimum absolute atomic E-state index is 0.953. The van der Waals surface area contributed by atoms with Crippen molar-refractivity contribution < 1.29 is 0 Å². The van der Waals surface area contributed by atoms with Crippen LogP contribution in [0.25, 0.3) is 0 Å². The smallest absolute Gasteiger partial charge is 0.0521 e. The topological polar surface area (TPSA) is 17.8 Å². The number of thiol groups is 1. The van der Waals surface area contributed by atoms with Gasteiger partial charge in [-0.25, -0.2) is 0 Å². The van der Waals surface area contributed by atoms with Crippen molar-refractivity contribution in [2.45, 2.75) is 12.8 Å². The Morgan fingerprint density at radius 1 is 1.70 bits per heavy atom. The summed E-state index contributed by atoms with van der Waals surface area (Å²) < 4.78 is 1.83. The minimum Gasteiger partial charge on any atom is -0.276 e. The Hall–Kier alpha value is -0.440. The lowest BCUT2D eigenvalue weighted by molar-refractivity contribution is 0.766. The second-order valence-corrected chi connectivity index (χ2v) is 2.80. The predicted molar refractivity (Wildman–Crippen MR) is 45.4 cm³/mol. The molecule has 0 aromatic carbocycles. The third kappa shape index (κ3) is 2.06. The Balaban J connectivity index is 2.42. The summed E-state index contributed by atoms with van der Waals surface area (Å²) >= 11 is 4.13. The summed E-state index contributed by atoms with van der Waals surface area (Å²) in [6, 6.07) is 0. The molecular formula is C7H12N2S. The Labute approximate surface area is 66.7 Å². The van der Waals surface area contributed by atoms with Crippen LogP contribution in [0, 0.1) is 0 Å². The fourth-order valence-corrected chi connectivity index (χ4v) is 1.04. The molecule has 1 heterocycles. The van der Waals surface area contributed by atoms with Gasteiger partial charge < -0.3 is 0 Å². The van der Waals surface area contributed by atoms with Crippen molar-refractivity contribution in [3.05, 3.63) is 18.0 Å². The van der Waals surface area contributed by atoms with Gasteiger partial charge in [-0.15, -0.1) is 0 Å². The van der Waals surface area contributed by atoms with Crippen LogP contribution in [0.3, 0.4) is 0 Å². The SMILES string of the molecule is Cn1cc(CCCS)cn1. The molecule has 1 rings (SSSR count). The predicted octanol–water partition coefficient (Wildman–Crippen LogP) is 1.28. The third-order valence-electron chi connectivity index (χ3n) is 1.38. The average molecular weight is 156 g/mol. The van der Waals surface area contributed by atoms with E-state index in [1.807, 2.05) is 24.1 Å². The lowest BCUT2D eigenvalue weighted by Crippen LogP contribution is -1.85. The van der Waals surface area contributed by atoms with Crippen LogP contribution >= 0.6 is 12.6 Å². The van der Waals surface area contributed by atoms with Gasteiger partial charge in [0, 0.05) is 13.2 Å². The summed E-state index contributed by atoms with van der Waals surface area (Å²) in [7, 11) is 1.93. The van der Waals surface area contributed by atoms with E-state index in [1.165, 1.54) is 5.56 Å². The maximum atomic E-state index is 4.13. The number of nitrogens with zero attached hydrogens (tertiary/aromatic N) is 2. The van der Waals surface area contributed by atoms with Crippen LogP contribution in [0.5, 0.6) is 0 Å². The first-order chi connectivity index (χ1) is 4.83. The van der Waals surface area contributed by atoms with Gasteiger partial charge in [0.1, 0.15) is 0 Å². The number of aryl methyl sites for hydroxylation is 2. The van der Waals surface area contributed by atoms with Crippen LogP contribution in [0.2, 0.25) is 0 Å². The Morgan fingerprint density at radius 2 is 2.50 bits per heavy atom. The molecule has 0 aliphatic heterocycles. The molecule has 0 fully saturated rings. The van der Waals surface area contributed by atoms with E-state index in [1.54, 1.807) is 0 Å². The molecule has 0 N–H and O–H groups in total. The van der Waals surface area contributed by atoms with Gasteiger partial charge in [0.2, 0.25) is 0 Å². The van der Waals surface area contributed by atoms with Crippen LogP contribution in [0.1, 0.15) is 12.0 Å². The van der Waals surface area contributed by atoms with Crippen LogP contribution in [-0.4, -0.2) is 15.5 Å². The van der Waals surface area contributed by atoms with Gasteiger partial charge in [-0.3, -0.25) is 4.68 Å². The van der Waals surface area contributed by atoms with E-state index in [0.717, 1.165) is 18.6 Å². The molecule has 3 heteroatoms. The first-order valence-electron chi connectivity index (χ1n) is 3.41. The lowest BCUT2D eigenvalue weighted by atomic mass is 10.2. The van der Waals surface area contributed by atoms with E-state index in [2.05, 4.69) is 17.7 Å². The Bertz CT molecular complexity index is 195. The molecule has 0 unspecified atom stereocenters. The molecule has 0 bridgehead atoms. The van der Waals surface area contributed by atoms with Crippen molar-refractivity contribution in [2.75, 3.05) is 5.75 Å². The highest BCUT2D eigenvalue weighted by Gasteiger charge is 1.93. The van der Waals surface area contributed by atoms with Crippen molar-refractivity contribution in [2.24, 2.45) is 7.05 Å². The van der Waals surface area contributed by atoms with E-state index in [4.69, 9.17) is 0 Å². The summed E-state index contributed by atoms with van der Waals surface area (Å²) in [5.74, 6) is 0.953. The monoisotopic (exact) mass is 156 g/mol.